The Bertz CT molecular complexity index is 1420. The Balaban J connectivity index is 0.00000387. The van der Waals surface area contributed by atoms with E-state index < -0.39 is 60.4 Å². The molecule has 1 aromatic heterocycles. The summed E-state index contributed by atoms with van der Waals surface area (Å²) in [7, 11) is 0. The van der Waals surface area contributed by atoms with Crippen LogP contribution in [0.1, 0.15) is 31.9 Å². The molecule has 0 radical (unpaired) electrons. The van der Waals surface area contributed by atoms with E-state index in [-0.39, 0.29) is 42.9 Å². The molecular weight excluding hydrogens is 563 g/mol. The number of anilines is 2. The molecule has 3 amide bonds. The van der Waals surface area contributed by atoms with Gasteiger partial charge in [-0.15, -0.1) is 0 Å². The second-order valence-electron chi connectivity index (χ2n) is 9.43. The molecule has 9 nitrogen and oxygen atoms in total. The Kier molecular flexibility index (Phi) is 8.93. The summed E-state index contributed by atoms with van der Waals surface area (Å²) in [5.41, 5.74) is 0.131. The maximum Gasteiger partial charge on any atom is 0.256 e. The van der Waals surface area contributed by atoms with E-state index in [1.807, 2.05) is 0 Å². The van der Waals surface area contributed by atoms with Crippen LogP contribution >= 0.6 is 11.6 Å². The number of carbonyl (C=O) groups excluding carboxylic acids is 3. The first kappa shape index (κ1) is 29.9. The minimum Gasteiger partial charge on any atom is -0.369 e. The Morgan fingerprint density at radius 3 is 2.46 bits per heavy atom. The molecule has 1 N–H and O–H groups in total. The van der Waals surface area contributed by atoms with Crippen LogP contribution in [0.4, 0.5) is 24.8 Å². The number of nitrogens with zero attached hydrogens (tertiary/aromatic N) is 4. The van der Waals surface area contributed by atoms with Crippen molar-refractivity contribution in [2.24, 2.45) is 0 Å². The van der Waals surface area contributed by atoms with Gasteiger partial charge in [0.25, 0.3) is 17.7 Å². The fourth-order valence-corrected chi connectivity index (χ4v) is 4.99. The summed E-state index contributed by atoms with van der Waals surface area (Å²) >= 11 is 6.47. The monoisotopic (exact) mass is 589 g/mol. The summed E-state index contributed by atoms with van der Waals surface area (Å²) < 4.78 is 47.0. The van der Waals surface area contributed by atoms with Crippen molar-refractivity contribution in [1.29, 1.82) is 0 Å². The first-order chi connectivity index (χ1) is 19.1. The van der Waals surface area contributed by atoms with Crippen LogP contribution in [0.5, 0.6) is 0 Å². The van der Waals surface area contributed by atoms with Gasteiger partial charge in [-0.3, -0.25) is 24.2 Å². The van der Waals surface area contributed by atoms with Crippen LogP contribution in [0.3, 0.4) is 0 Å². The molecule has 0 spiro atoms. The molecule has 2 aliphatic rings. The smallest absolute Gasteiger partial charge is 0.256 e. The van der Waals surface area contributed by atoms with E-state index in [0.717, 1.165) is 21.9 Å². The number of rotatable bonds is 7. The molecule has 0 unspecified atom stereocenters. The number of hydrogen-bond acceptors (Lipinski definition) is 6. The fraction of sp³-hybridized carbons (Fsp3) is 0.321. The van der Waals surface area contributed by atoms with Crippen molar-refractivity contribution in [2.45, 2.75) is 44.3 Å². The van der Waals surface area contributed by atoms with Crippen LogP contribution in [0.15, 0.2) is 67.0 Å². The molecule has 5 rings (SSSR count). The van der Waals surface area contributed by atoms with Crippen LogP contribution < -0.4 is 15.1 Å². The second-order valence-corrected chi connectivity index (χ2v) is 9.83. The normalized spacial score (nSPS) is 19.0. The summed E-state index contributed by atoms with van der Waals surface area (Å²) in [6, 6.07) is 8.98. The predicted octanol–water partition coefficient (Wildman–Crippen LogP) is 4.33. The van der Waals surface area contributed by atoms with Gasteiger partial charge in [-0.05, 0) is 30.3 Å². The van der Waals surface area contributed by atoms with Gasteiger partial charge in [0.1, 0.15) is 24.5 Å². The first-order valence-electron chi connectivity index (χ1n) is 12.3. The van der Waals surface area contributed by atoms with Crippen molar-refractivity contribution in [1.82, 2.24) is 15.3 Å². The van der Waals surface area contributed by atoms with Crippen molar-refractivity contribution < 1.29 is 32.3 Å². The van der Waals surface area contributed by atoms with E-state index in [4.69, 9.17) is 16.3 Å². The SMILES string of the molecule is C.O=C(NC1CC(F)(F)C1)[C@H](c1ccccc1Cl)N(C(=O)[C@@H]1COCC(=O)N1c1ncccn1)c1cccc(F)c1. The van der Waals surface area contributed by atoms with Crippen molar-refractivity contribution in [3.63, 3.8) is 0 Å². The van der Waals surface area contributed by atoms with Gasteiger partial charge < -0.3 is 10.1 Å². The highest BCUT2D eigenvalue weighted by Crippen LogP contribution is 2.39. The maximum atomic E-state index is 14.5. The molecule has 13 heteroatoms. The summed E-state index contributed by atoms with van der Waals surface area (Å²) in [6.07, 6.45) is 1.66. The molecule has 1 aliphatic heterocycles. The molecular formula is C28H27ClF3N5O4. The molecule has 1 aliphatic carbocycles. The van der Waals surface area contributed by atoms with Gasteiger partial charge in [0.05, 0.1) is 6.61 Å². The van der Waals surface area contributed by atoms with Gasteiger partial charge in [0.15, 0.2) is 0 Å². The quantitative estimate of drug-likeness (QED) is 0.440. The highest BCUT2D eigenvalue weighted by atomic mass is 35.5. The third-order valence-corrected chi connectivity index (χ3v) is 6.95. The molecule has 1 saturated carbocycles. The third-order valence-electron chi connectivity index (χ3n) is 6.60. The van der Waals surface area contributed by atoms with Crippen LogP contribution in [0.25, 0.3) is 0 Å². The zero-order chi connectivity index (χ0) is 28.4. The van der Waals surface area contributed by atoms with E-state index in [0.29, 0.717) is 0 Å². The number of benzene rings is 2. The Morgan fingerprint density at radius 1 is 1.10 bits per heavy atom. The number of aromatic nitrogens is 2. The number of ether oxygens (including phenoxy) is 1. The van der Waals surface area contributed by atoms with E-state index in [1.54, 1.807) is 12.1 Å². The zero-order valence-electron chi connectivity index (χ0n) is 20.8. The minimum absolute atomic E-state index is 0. The molecule has 41 heavy (non-hydrogen) atoms. The number of morpholine rings is 1. The van der Waals surface area contributed by atoms with Gasteiger partial charge in [-0.25, -0.2) is 23.1 Å². The van der Waals surface area contributed by atoms with E-state index >= 15 is 0 Å². The van der Waals surface area contributed by atoms with E-state index in [9.17, 15) is 27.6 Å². The van der Waals surface area contributed by atoms with Crippen molar-refractivity contribution in [2.75, 3.05) is 23.0 Å². The third kappa shape index (κ3) is 6.33. The van der Waals surface area contributed by atoms with Crippen molar-refractivity contribution in [3.05, 3.63) is 83.4 Å². The second kappa shape index (κ2) is 12.2. The van der Waals surface area contributed by atoms with Crippen LogP contribution in [0, 0.1) is 5.82 Å². The van der Waals surface area contributed by atoms with Gasteiger partial charge >= 0.3 is 0 Å². The van der Waals surface area contributed by atoms with Crippen molar-refractivity contribution >= 4 is 41.0 Å². The number of hydrogen-bond donors (Lipinski definition) is 1. The molecule has 0 bridgehead atoms. The fourth-order valence-electron chi connectivity index (χ4n) is 4.75. The standard InChI is InChI=1S/C27H23ClF3N5O4.CH4/c28-20-8-2-1-7-19(20)23(24(38)34-17-12-27(30,31)13-17)35(18-6-3-5-16(29)11-18)25(39)21-14-40-15-22(37)36(21)26-32-9-4-10-33-26;/h1-11,17,21,23H,12-15H2,(H,34,38);1H4/t21-,23-;/m0./s1. The average molecular weight is 590 g/mol. The zero-order valence-corrected chi connectivity index (χ0v) is 21.6. The van der Waals surface area contributed by atoms with Gasteiger partial charge in [0, 0.05) is 47.6 Å². The maximum absolute atomic E-state index is 14.5. The number of amides is 3. The average Bonchev–Trinajstić information content (AvgIpc) is 2.91. The molecule has 1 saturated heterocycles. The topological polar surface area (TPSA) is 105 Å². The van der Waals surface area contributed by atoms with Crippen molar-refractivity contribution in [3.8, 4) is 0 Å². The molecule has 3 aromatic rings. The summed E-state index contributed by atoms with van der Waals surface area (Å²) in [4.78, 5) is 51.3. The molecule has 2 aromatic carbocycles. The number of halogens is 4. The first-order valence-corrected chi connectivity index (χ1v) is 12.7. The molecule has 2 atom stereocenters. The van der Waals surface area contributed by atoms with E-state index in [1.165, 1.54) is 42.7 Å². The predicted molar refractivity (Wildman–Crippen MR) is 145 cm³/mol. The van der Waals surface area contributed by atoms with Gasteiger partial charge in [0.2, 0.25) is 11.9 Å². The van der Waals surface area contributed by atoms with Crippen LogP contribution in [0.2, 0.25) is 5.02 Å². The number of nitrogens with one attached hydrogen (secondary N) is 1. The number of alkyl halides is 2. The lowest BCUT2D eigenvalue weighted by molar-refractivity contribution is -0.136. The Hall–Kier alpha value is -4.03. The minimum atomic E-state index is -2.91. The lowest BCUT2D eigenvalue weighted by Gasteiger charge is -2.40. The van der Waals surface area contributed by atoms with Gasteiger partial charge in [-0.2, -0.15) is 0 Å². The number of carbonyl (C=O) groups is 3. The van der Waals surface area contributed by atoms with Crippen LogP contribution in [-0.2, 0) is 19.1 Å². The lowest BCUT2D eigenvalue weighted by Crippen LogP contribution is -2.60. The molecule has 216 valence electrons. The molecule has 2 heterocycles. The lowest BCUT2D eigenvalue weighted by atomic mass is 9.87. The summed E-state index contributed by atoms with van der Waals surface area (Å²) in [5, 5.41) is 2.68. The summed E-state index contributed by atoms with van der Waals surface area (Å²) in [5.74, 6) is -5.92. The molecule has 2 fully saturated rings. The van der Waals surface area contributed by atoms with Gasteiger partial charge in [-0.1, -0.05) is 43.3 Å². The highest BCUT2D eigenvalue weighted by Gasteiger charge is 2.48. The largest absolute Gasteiger partial charge is 0.369 e. The Labute approximate surface area is 239 Å². The Morgan fingerprint density at radius 2 is 1.80 bits per heavy atom. The summed E-state index contributed by atoms with van der Waals surface area (Å²) in [6.45, 7) is -0.618. The van der Waals surface area contributed by atoms with Crippen LogP contribution in [-0.4, -0.2) is 58.9 Å². The van der Waals surface area contributed by atoms with E-state index in [2.05, 4.69) is 15.3 Å². The highest BCUT2D eigenvalue weighted by molar-refractivity contribution is 6.31.